The highest BCUT2D eigenvalue weighted by atomic mass is 16.5. The number of pyridine rings is 1. The summed E-state index contributed by atoms with van der Waals surface area (Å²) in [6.45, 7) is 6.62. The van der Waals surface area contributed by atoms with Crippen LogP contribution in [0.3, 0.4) is 0 Å². The predicted molar refractivity (Wildman–Crippen MR) is 91.5 cm³/mol. The molecule has 23 heavy (non-hydrogen) atoms. The van der Waals surface area contributed by atoms with Gasteiger partial charge >= 0.3 is 0 Å². The number of benzene rings is 1. The Morgan fingerprint density at radius 2 is 1.78 bits per heavy atom. The van der Waals surface area contributed by atoms with E-state index >= 15 is 0 Å². The summed E-state index contributed by atoms with van der Waals surface area (Å²) in [7, 11) is 0. The average molecular weight is 309 g/mol. The van der Waals surface area contributed by atoms with Crippen molar-refractivity contribution in [2.75, 3.05) is 37.7 Å². The Hall–Kier alpha value is -1.91. The van der Waals surface area contributed by atoms with E-state index in [1.165, 1.54) is 16.8 Å². The molecular formula is C19H23N3O. The third kappa shape index (κ3) is 3.38. The van der Waals surface area contributed by atoms with Gasteiger partial charge in [0.25, 0.3) is 0 Å². The maximum atomic E-state index is 5.43. The van der Waals surface area contributed by atoms with E-state index in [9.17, 15) is 0 Å². The summed E-state index contributed by atoms with van der Waals surface area (Å²) in [5.41, 5.74) is 4.04. The van der Waals surface area contributed by atoms with Gasteiger partial charge in [0, 0.05) is 44.8 Å². The topological polar surface area (TPSA) is 28.6 Å². The number of ether oxygens (including phenoxy) is 1. The summed E-state index contributed by atoms with van der Waals surface area (Å²) in [5, 5.41) is 0. The predicted octanol–water partition coefficient (Wildman–Crippen LogP) is 2.48. The molecule has 0 saturated carbocycles. The molecule has 0 amide bonds. The Morgan fingerprint density at radius 3 is 2.61 bits per heavy atom. The van der Waals surface area contributed by atoms with Crippen LogP contribution in [0.15, 0.2) is 42.5 Å². The maximum absolute atomic E-state index is 5.43. The van der Waals surface area contributed by atoms with E-state index in [1.807, 2.05) is 0 Å². The highest BCUT2D eigenvalue weighted by Gasteiger charge is 2.20. The molecule has 0 unspecified atom stereocenters. The fourth-order valence-electron chi connectivity index (χ4n) is 3.41. The summed E-state index contributed by atoms with van der Waals surface area (Å²) in [4.78, 5) is 9.76. The molecule has 4 rings (SSSR count). The number of fused-ring (bicyclic) bond motifs is 1. The fourth-order valence-corrected chi connectivity index (χ4v) is 3.41. The first-order valence-electron chi connectivity index (χ1n) is 8.46. The Balaban J connectivity index is 1.45. The zero-order valence-corrected chi connectivity index (χ0v) is 13.4. The number of hydrogen-bond donors (Lipinski definition) is 0. The first-order valence-corrected chi connectivity index (χ1v) is 8.46. The Morgan fingerprint density at radius 1 is 0.957 bits per heavy atom. The third-order valence-electron chi connectivity index (χ3n) is 4.70. The van der Waals surface area contributed by atoms with Gasteiger partial charge in [-0.1, -0.05) is 36.4 Å². The molecular weight excluding hydrogens is 286 g/mol. The Bertz CT molecular complexity index is 653. The SMILES string of the molecule is c1ccc(CN2CCc3nc(N4CCOCC4)ccc3C2)cc1. The largest absolute Gasteiger partial charge is 0.378 e. The van der Waals surface area contributed by atoms with E-state index in [2.05, 4.69) is 52.3 Å². The van der Waals surface area contributed by atoms with Crippen molar-refractivity contribution in [2.24, 2.45) is 0 Å². The molecule has 120 valence electrons. The molecule has 1 aromatic carbocycles. The number of nitrogens with zero attached hydrogens (tertiary/aromatic N) is 3. The molecule has 2 aliphatic rings. The summed E-state index contributed by atoms with van der Waals surface area (Å²) in [5.74, 6) is 1.11. The first kappa shape index (κ1) is 14.7. The van der Waals surface area contributed by atoms with Crippen LogP contribution < -0.4 is 4.90 Å². The van der Waals surface area contributed by atoms with Crippen LogP contribution in [-0.2, 0) is 24.2 Å². The van der Waals surface area contributed by atoms with E-state index in [1.54, 1.807) is 0 Å². The molecule has 2 aliphatic heterocycles. The molecule has 3 heterocycles. The summed E-state index contributed by atoms with van der Waals surface area (Å²) in [6, 6.07) is 15.2. The molecule has 0 bridgehead atoms. The van der Waals surface area contributed by atoms with Crippen molar-refractivity contribution in [1.29, 1.82) is 0 Å². The smallest absolute Gasteiger partial charge is 0.128 e. The lowest BCUT2D eigenvalue weighted by Gasteiger charge is -2.31. The van der Waals surface area contributed by atoms with Gasteiger partial charge in [0.15, 0.2) is 0 Å². The molecule has 1 saturated heterocycles. The van der Waals surface area contributed by atoms with Crippen LogP contribution in [0, 0.1) is 0 Å². The van der Waals surface area contributed by atoms with Crippen molar-refractivity contribution in [3.05, 3.63) is 59.3 Å². The highest BCUT2D eigenvalue weighted by Crippen LogP contribution is 2.23. The van der Waals surface area contributed by atoms with Crippen molar-refractivity contribution < 1.29 is 4.74 Å². The van der Waals surface area contributed by atoms with Crippen molar-refractivity contribution in [3.63, 3.8) is 0 Å². The van der Waals surface area contributed by atoms with Crippen LogP contribution in [0.1, 0.15) is 16.8 Å². The monoisotopic (exact) mass is 309 g/mol. The normalized spacial score (nSPS) is 18.7. The van der Waals surface area contributed by atoms with Crippen molar-refractivity contribution >= 4 is 5.82 Å². The number of rotatable bonds is 3. The van der Waals surface area contributed by atoms with Gasteiger partial charge in [-0.25, -0.2) is 4.98 Å². The van der Waals surface area contributed by atoms with Gasteiger partial charge in [0.1, 0.15) is 5.82 Å². The van der Waals surface area contributed by atoms with Crippen molar-refractivity contribution in [1.82, 2.24) is 9.88 Å². The summed E-state index contributed by atoms with van der Waals surface area (Å²) in [6.07, 6.45) is 1.04. The van der Waals surface area contributed by atoms with Gasteiger partial charge in [0.2, 0.25) is 0 Å². The fraction of sp³-hybridized carbons (Fsp3) is 0.421. The molecule has 1 fully saturated rings. The molecule has 4 heteroatoms. The summed E-state index contributed by atoms with van der Waals surface area (Å²) >= 11 is 0. The second-order valence-electron chi connectivity index (χ2n) is 6.32. The second-order valence-corrected chi connectivity index (χ2v) is 6.32. The molecule has 2 aromatic rings. The van der Waals surface area contributed by atoms with Gasteiger partial charge < -0.3 is 9.64 Å². The number of anilines is 1. The lowest BCUT2D eigenvalue weighted by Crippen LogP contribution is -2.37. The van der Waals surface area contributed by atoms with Crippen LogP contribution in [0.25, 0.3) is 0 Å². The zero-order valence-electron chi connectivity index (χ0n) is 13.4. The standard InChI is InChI=1S/C19H23N3O/c1-2-4-16(5-3-1)14-21-9-8-18-17(15-21)6-7-19(20-18)22-10-12-23-13-11-22/h1-7H,8-15H2. The average Bonchev–Trinajstić information content (AvgIpc) is 2.63. The van der Waals surface area contributed by atoms with E-state index in [0.29, 0.717) is 0 Å². The van der Waals surface area contributed by atoms with E-state index in [0.717, 1.165) is 58.2 Å². The Labute approximate surface area is 137 Å². The quantitative estimate of drug-likeness (QED) is 0.871. The molecule has 0 radical (unpaired) electrons. The lowest BCUT2D eigenvalue weighted by atomic mass is 10.0. The number of aromatic nitrogens is 1. The zero-order chi connectivity index (χ0) is 15.5. The summed E-state index contributed by atoms with van der Waals surface area (Å²) < 4.78 is 5.43. The van der Waals surface area contributed by atoms with E-state index in [4.69, 9.17) is 9.72 Å². The van der Waals surface area contributed by atoms with Gasteiger partial charge in [0.05, 0.1) is 13.2 Å². The van der Waals surface area contributed by atoms with Crippen molar-refractivity contribution in [2.45, 2.75) is 19.5 Å². The molecule has 0 aliphatic carbocycles. The molecule has 0 atom stereocenters. The van der Waals surface area contributed by atoms with Crippen molar-refractivity contribution in [3.8, 4) is 0 Å². The molecule has 0 N–H and O–H groups in total. The second kappa shape index (κ2) is 6.69. The van der Waals surface area contributed by atoms with E-state index < -0.39 is 0 Å². The minimum absolute atomic E-state index is 0.809. The maximum Gasteiger partial charge on any atom is 0.128 e. The lowest BCUT2D eigenvalue weighted by molar-refractivity contribution is 0.122. The first-order chi connectivity index (χ1) is 11.4. The van der Waals surface area contributed by atoms with Crippen LogP contribution >= 0.6 is 0 Å². The van der Waals surface area contributed by atoms with Gasteiger partial charge in [-0.05, 0) is 17.2 Å². The van der Waals surface area contributed by atoms with Crippen LogP contribution in [0.2, 0.25) is 0 Å². The van der Waals surface area contributed by atoms with Gasteiger partial charge in [-0.2, -0.15) is 0 Å². The molecule has 0 spiro atoms. The molecule has 1 aromatic heterocycles. The highest BCUT2D eigenvalue weighted by molar-refractivity contribution is 5.43. The van der Waals surface area contributed by atoms with Gasteiger partial charge in [-0.15, -0.1) is 0 Å². The van der Waals surface area contributed by atoms with Gasteiger partial charge in [-0.3, -0.25) is 4.90 Å². The number of morpholine rings is 1. The van der Waals surface area contributed by atoms with Crippen LogP contribution in [-0.4, -0.2) is 42.7 Å². The number of hydrogen-bond acceptors (Lipinski definition) is 4. The van der Waals surface area contributed by atoms with E-state index in [-0.39, 0.29) is 0 Å². The third-order valence-corrected chi connectivity index (χ3v) is 4.70. The molecule has 4 nitrogen and oxygen atoms in total. The minimum Gasteiger partial charge on any atom is -0.378 e. The van der Waals surface area contributed by atoms with Crippen LogP contribution in [0.4, 0.5) is 5.82 Å². The van der Waals surface area contributed by atoms with Crippen LogP contribution in [0.5, 0.6) is 0 Å². The Kier molecular flexibility index (Phi) is 4.26. The minimum atomic E-state index is 0.809.